The number of carbonyl (C=O) groups is 1. The first-order valence-corrected chi connectivity index (χ1v) is 6.82. The van der Waals surface area contributed by atoms with E-state index in [1.807, 2.05) is 0 Å². The van der Waals surface area contributed by atoms with E-state index in [1.165, 1.54) is 12.1 Å². The molecule has 1 aromatic rings. The van der Waals surface area contributed by atoms with Crippen molar-refractivity contribution in [3.63, 3.8) is 0 Å². The lowest BCUT2D eigenvalue weighted by Crippen LogP contribution is -2.19. The molecule has 0 aliphatic heterocycles. The Bertz CT molecular complexity index is 510. The van der Waals surface area contributed by atoms with Gasteiger partial charge in [0.05, 0.1) is 18.8 Å². The summed E-state index contributed by atoms with van der Waals surface area (Å²) in [5.74, 6) is -0.596. The van der Waals surface area contributed by atoms with Crippen LogP contribution >= 0.6 is 0 Å². The van der Waals surface area contributed by atoms with Gasteiger partial charge in [-0.25, -0.2) is 9.18 Å². The highest BCUT2D eigenvalue weighted by atomic mass is 19.1. The van der Waals surface area contributed by atoms with Crippen molar-refractivity contribution in [1.29, 1.82) is 0 Å². The van der Waals surface area contributed by atoms with E-state index < -0.39 is 11.8 Å². The van der Waals surface area contributed by atoms with Crippen molar-refractivity contribution in [3.05, 3.63) is 47.3 Å². The average Bonchev–Trinajstić information content (AvgIpc) is 2.42. The number of rotatable bonds is 5. The van der Waals surface area contributed by atoms with Gasteiger partial charge in [-0.15, -0.1) is 0 Å². The molecular formula is C16H19FO3. The third-order valence-electron chi connectivity index (χ3n) is 3.81. The Labute approximate surface area is 118 Å². The van der Waals surface area contributed by atoms with Crippen LogP contribution in [-0.2, 0) is 11.3 Å². The molecule has 108 valence electrons. The molecule has 1 aromatic carbocycles. The normalized spacial score (nSPS) is 21.9. The quantitative estimate of drug-likeness (QED) is 0.836. The molecule has 0 fully saturated rings. The van der Waals surface area contributed by atoms with E-state index in [-0.39, 0.29) is 12.2 Å². The summed E-state index contributed by atoms with van der Waals surface area (Å²) < 4.78 is 19.3. The minimum Gasteiger partial charge on any atom is -0.478 e. The standard InChI is InChI=1S/C16H19FO3/c1-11-4-2-3-5-13(11)9-20-10-14-7-6-12(16(18)19)8-15(14)17/h2-3,6-8,11,13H,4-5,9-10H2,1H3,(H,18,19). The molecule has 0 radical (unpaired) electrons. The first-order chi connectivity index (χ1) is 9.58. The predicted octanol–water partition coefficient (Wildman–Crippen LogP) is 3.64. The predicted molar refractivity (Wildman–Crippen MR) is 74.0 cm³/mol. The van der Waals surface area contributed by atoms with Crippen LogP contribution in [0.3, 0.4) is 0 Å². The number of allylic oxidation sites excluding steroid dienone is 2. The lowest BCUT2D eigenvalue weighted by Gasteiger charge is -2.24. The van der Waals surface area contributed by atoms with Crippen molar-refractivity contribution in [2.24, 2.45) is 11.8 Å². The van der Waals surface area contributed by atoms with E-state index in [9.17, 15) is 9.18 Å². The van der Waals surface area contributed by atoms with Gasteiger partial charge >= 0.3 is 5.97 Å². The van der Waals surface area contributed by atoms with Crippen molar-refractivity contribution in [2.45, 2.75) is 26.4 Å². The van der Waals surface area contributed by atoms with Crippen LogP contribution in [0.15, 0.2) is 30.4 Å². The number of hydrogen-bond acceptors (Lipinski definition) is 2. The van der Waals surface area contributed by atoms with E-state index in [0.29, 0.717) is 24.0 Å². The summed E-state index contributed by atoms with van der Waals surface area (Å²) in [6, 6.07) is 3.91. The van der Waals surface area contributed by atoms with Gasteiger partial charge in [-0.3, -0.25) is 0 Å². The molecule has 0 bridgehead atoms. The van der Waals surface area contributed by atoms with Gasteiger partial charge in [0.2, 0.25) is 0 Å². The summed E-state index contributed by atoms with van der Waals surface area (Å²) >= 11 is 0. The monoisotopic (exact) mass is 278 g/mol. The number of aromatic carboxylic acids is 1. The topological polar surface area (TPSA) is 46.5 Å². The van der Waals surface area contributed by atoms with Crippen molar-refractivity contribution in [3.8, 4) is 0 Å². The Morgan fingerprint density at radius 3 is 2.80 bits per heavy atom. The van der Waals surface area contributed by atoms with E-state index >= 15 is 0 Å². The molecule has 4 heteroatoms. The summed E-state index contributed by atoms with van der Waals surface area (Å²) in [4.78, 5) is 10.7. The molecule has 0 spiro atoms. The summed E-state index contributed by atoms with van der Waals surface area (Å²) in [6.07, 6.45) is 6.42. The van der Waals surface area contributed by atoms with Crippen molar-refractivity contribution >= 4 is 5.97 Å². The zero-order valence-corrected chi connectivity index (χ0v) is 11.5. The minimum atomic E-state index is -1.13. The van der Waals surface area contributed by atoms with E-state index in [2.05, 4.69) is 19.1 Å². The van der Waals surface area contributed by atoms with E-state index in [0.717, 1.165) is 18.9 Å². The zero-order chi connectivity index (χ0) is 14.5. The molecule has 0 saturated carbocycles. The molecule has 0 amide bonds. The van der Waals surface area contributed by atoms with Gasteiger partial charge in [0, 0.05) is 5.56 Å². The molecule has 2 unspecified atom stereocenters. The fraction of sp³-hybridized carbons (Fsp3) is 0.438. The molecule has 0 heterocycles. The van der Waals surface area contributed by atoms with Crippen molar-refractivity contribution in [2.75, 3.05) is 6.61 Å². The molecule has 0 aromatic heterocycles. The van der Waals surface area contributed by atoms with Crippen LogP contribution < -0.4 is 0 Å². The molecule has 0 saturated heterocycles. The summed E-state index contributed by atoms with van der Waals surface area (Å²) in [6.45, 7) is 2.98. The van der Waals surface area contributed by atoms with Crippen LogP contribution in [0.1, 0.15) is 35.7 Å². The first-order valence-electron chi connectivity index (χ1n) is 6.82. The molecule has 1 aliphatic carbocycles. The Morgan fingerprint density at radius 1 is 1.40 bits per heavy atom. The maximum atomic E-state index is 13.7. The second-order valence-electron chi connectivity index (χ2n) is 5.31. The lowest BCUT2D eigenvalue weighted by atomic mass is 9.85. The van der Waals surface area contributed by atoms with Gasteiger partial charge in [0.25, 0.3) is 0 Å². The number of halogens is 1. The Kier molecular flexibility index (Phi) is 4.90. The SMILES string of the molecule is CC1CC=CCC1COCc1ccc(C(=O)O)cc1F. The van der Waals surface area contributed by atoms with Crippen LogP contribution in [0.4, 0.5) is 4.39 Å². The van der Waals surface area contributed by atoms with E-state index in [1.54, 1.807) is 0 Å². The van der Waals surface area contributed by atoms with E-state index in [4.69, 9.17) is 9.84 Å². The molecular weight excluding hydrogens is 259 g/mol. The van der Waals surface area contributed by atoms with Gasteiger partial charge in [-0.05, 0) is 36.8 Å². The first kappa shape index (κ1) is 14.7. The Morgan fingerprint density at radius 2 is 2.15 bits per heavy atom. The second kappa shape index (κ2) is 6.66. The van der Waals surface area contributed by atoms with Gasteiger partial charge in [0.15, 0.2) is 0 Å². The Balaban J connectivity index is 1.88. The lowest BCUT2D eigenvalue weighted by molar-refractivity contribution is 0.0660. The minimum absolute atomic E-state index is 0.0442. The number of carboxylic acid groups (broad SMARTS) is 1. The number of ether oxygens (including phenoxy) is 1. The summed E-state index contributed by atoms with van der Waals surface area (Å²) in [5, 5.41) is 8.77. The smallest absolute Gasteiger partial charge is 0.335 e. The van der Waals surface area contributed by atoms with Crippen LogP contribution in [0.25, 0.3) is 0 Å². The highest BCUT2D eigenvalue weighted by Crippen LogP contribution is 2.25. The molecule has 3 nitrogen and oxygen atoms in total. The van der Waals surface area contributed by atoms with Crippen molar-refractivity contribution < 1.29 is 19.0 Å². The summed E-state index contributed by atoms with van der Waals surface area (Å²) in [7, 11) is 0. The number of benzene rings is 1. The summed E-state index contributed by atoms with van der Waals surface area (Å²) in [5.41, 5.74) is 0.353. The highest BCUT2D eigenvalue weighted by Gasteiger charge is 2.18. The van der Waals surface area contributed by atoms with Gasteiger partial charge < -0.3 is 9.84 Å². The van der Waals surface area contributed by atoms with Gasteiger partial charge in [0.1, 0.15) is 5.82 Å². The number of carboxylic acids is 1. The van der Waals surface area contributed by atoms with Crippen LogP contribution in [0.5, 0.6) is 0 Å². The maximum absolute atomic E-state index is 13.7. The molecule has 20 heavy (non-hydrogen) atoms. The fourth-order valence-electron chi connectivity index (χ4n) is 2.36. The third-order valence-corrected chi connectivity index (χ3v) is 3.81. The Hall–Kier alpha value is -1.68. The maximum Gasteiger partial charge on any atom is 0.335 e. The van der Waals surface area contributed by atoms with Crippen LogP contribution in [0, 0.1) is 17.7 Å². The largest absolute Gasteiger partial charge is 0.478 e. The average molecular weight is 278 g/mol. The number of hydrogen-bond donors (Lipinski definition) is 1. The molecule has 2 atom stereocenters. The zero-order valence-electron chi connectivity index (χ0n) is 11.5. The van der Waals surface area contributed by atoms with Gasteiger partial charge in [-0.2, -0.15) is 0 Å². The van der Waals surface area contributed by atoms with Gasteiger partial charge in [-0.1, -0.05) is 25.1 Å². The molecule has 2 rings (SSSR count). The molecule has 1 N–H and O–H groups in total. The van der Waals surface area contributed by atoms with Crippen molar-refractivity contribution in [1.82, 2.24) is 0 Å². The second-order valence-corrected chi connectivity index (χ2v) is 5.31. The third kappa shape index (κ3) is 3.67. The van der Waals surface area contributed by atoms with Crippen LogP contribution in [-0.4, -0.2) is 17.7 Å². The molecule has 1 aliphatic rings. The highest BCUT2D eigenvalue weighted by molar-refractivity contribution is 5.87. The van der Waals surface area contributed by atoms with Crippen LogP contribution in [0.2, 0.25) is 0 Å². The fourth-order valence-corrected chi connectivity index (χ4v) is 2.36.